The van der Waals surface area contributed by atoms with E-state index in [0.29, 0.717) is 0 Å². The Hall–Kier alpha value is -2.58. The predicted octanol–water partition coefficient (Wildman–Crippen LogP) is 5.18. The van der Waals surface area contributed by atoms with Crippen molar-refractivity contribution in [3.8, 4) is 0 Å². The highest BCUT2D eigenvalue weighted by Crippen LogP contribution is 2.34. The fraction of sp³-hybridized carbons (Fsp3) is 0.100. The van der Waals surface area contributed by atoms with Gasteiger partial charge in [0.25, 0.3) is 0 Å². The zero-order valence-corrected chi connectivity index (χ0v) is 12.7. The molecule has 2 N–H and O–H groups in total. The lowest BCUT2D eigenvalue weighted by atomic mass is 10.1. The quantitative estimate of drug-likeness (QED) is 0.717. The van der Waals surface area contributed by atoms with Gasteiger partial charge in [0.15, 0.2) is 0 Å². The normalized spacial score (nSPS) is 11.9. The molecular weight excluding hydrogens is 268 g/mol. The SMILES string of the molecule is CC(N)c1ccc(N(c2ccccc2)c2ccccc2)cc1. The molecule has 0 aliphatic heterocycles. The molecule has 1 atom stereocenters. The summed E-state index contributed by atoms with van der Waals surface area (Å²) in [5, 5.41) is 0. The third-order valence-corrected chi connectivity index (χ3v) is 3.71. The lowest BCUT2D eigenvalue weighted by Crippen LogP contribution is -2.10. The van der Waals surface area contributed by atoms with E-state index < -0.39 is 0 Å². The van der Waals surface area contributed by atoms with Crippen LogP contribution in [-0.2, 0) is 0 Å². The summed E-state index contributed by atoms with van der Waals surface area (Å²) >= 11 is 0. The maximum absolute atomic E-state index is 5.95. The van der Waals surface area contributed by atoms with Crippen molar-refractivity contribution in [1.29, 1.82) is 0 Å². The van der Waals surface area contributed by atoms with Crippen molar-refractivity contribution < 1.29 is 0 Å². The molecule has 0 aliphatic carbocycles. The number of nitrogens with two attached hydrogens (primary N) is 1. The fourth-order valence-electron chi connectivity index (χ4n) is 2.53. The molecule has 1 unspecified atom stereocenters. The van der Waals surface area contributed by atoms with Crippen molar-refractivity contribution in [2.24, 2.45) is 5.73 Å². The maximum atomic E-state index is 5.95. The van der Waals surface area contributed by atoms with Crippen LogP contribution in [0.25, 0.3) is 0 Å². The number of hydrogen-bond donors (Lipinski definition) is 1. The van der Waals surface area contributed by atoms with Crippen molar-refractivity contribution in [2.45, 2.75) is 13.0 Å². The molecule has 110 valence electrons. The summed E-state index contributed by atoms with van der Waals surface area (Å²) < 4.78 is 0. The summed E-state index contributed by atoms with van der Waals surface area (Å²) in [7, 11) is 0. The van der Waals surface area contributed by atoms with Gasteiger partial charge in [-0.1, -0.05) is 48.5 Å². The molecule has 0 fully saturated rings. The van der Waals surface area contributed by atoms with Crippen LogP contribution in [0.15, 0.2) is 84.9 Å². The molecule has 22 heavy (non-hydrogen) atoms. The lowest BCUT2D eigenvalue weighted by Gasteiger charge is -2.25. The molecule has 0 aromatic heterocycles. The molecule has 3 aromatic rings. The number of rotatable bonds is 4. The summed E-state index contributed by atoms with van der Waals surface area (Å²) in [5.41, 5.74) is 10.5. The molecule has 0 aliphatic rings. The van der Waals surface area contributed by atoms with Gasteiger partial charge in [-0.25, -0.2) is 0 Å². The molecule has 0 saturated heterocycles. The summed E-state index contributed by atoms with van der Waals surface area (Å²) in [6, 6.07) is 29.3. The van der Waals surface area contributed by atoms with Crippen molar-refractivity contribution in [3.63, 3.8) is 0 Å². The van der Waals surface area contributed by atoms with E-state index in [1.807, 2.05) is 19.1 Å². The monoisotopic (exact) mass is 288 g/mol. The Balaban J connectivity index is 2.06. The standard InChI is InChI=1S/C20H20N2/c1-16(21)17-12-14-20(15-13-17)22(18-8-4-2-5-9-18)19-10-6-3-7-11-19/h2-16H,21H2,1H3. The largest absolute Gasteiger partial charge is 0.324 e. The van der Waals surface area contributed by atoms with Gasteiger partial charge in [-0.3, -0.25) is 0 Å². The molecule has 0 heterocycles. The highest BCUT2D eigenvalue weighted by atomic mass is 15.1. The third kappa shape index (κ3) is 3.02. The molecule has 2 heteroatoms. The van der Waals surface area contributed by atoms with E-state index in [1.54, 1.807) is 0 Å². The van der Waals surface area contributed by atoms with Crippen LogP contribution in [0.4, 0.5) is 17.1 Å². The van der Waals surface area contributed by atoms with E-state index in [4.69, 9.17) is 5.73 Å². The van der Waals surface area contributed by atoms with Gasteiger partial charge in [0.1, 0.15) is 0 Å². The summed E-state index contributed by atoms with van der Waals surface area (Å²) in [5.74, 6) is 0. The fourth-order valence-corrected chi connectivity index (χ4v) is 2.53. The molecule has 0 saturated carbocycles. The second-order valence-corrected chi connectivity index (χ2v) is 5.39. The van der Waals surface area contributed by atoms with Crippen molar-refractivity contribution in [2.75, 3.05) is 4.90 Å². The van der Waals surface area contributed by atoms with Crippen molar-refractivity contribution in [3.05, 3.63) is 90.5 Å². The first-order valence-electron chi connectivity index (χ1n) is 7.51. The lowest BCUT2D eigenvalue weighted by molar-refractivity contribution is 0.818. The Morgan fingerprint density at radius 3 is 1.45 bits per heavy atom. The van der Waals surface area contributed by atoms with Crippen LogP contribution in [0.1, 0.15) is 18.5 Å². The smallest absolute Gasteiger partial charge is 0.0461 e. The molecule has 3 rings (SSSR count). The van der Waals surface area contributed by atoms with E-state index in [-0.39, 0.29) is 6.04 Å². The Kier molecular flexibility index (Phi) is 4.22. The minimum absolute atomic E-state index is 0.0518. The van der Waals surface area contributed by atoms with Gasteiger partial charge in [-0.15, -0.1) is 0 Å². The zero-order chi connectivity index (χ0) is 15.4. The Labute approximate surface area is 131 Å². The molecular formula is C20H20N2. The van der Waals surface area contributed by atoms with E-state index in [0.717, 1.165) is 22.6 Å². The third-order valence-electron chi connectivity index (χ3n) is 3.71. The van der Waals surface area contributed by atoms with Crippen LogP contribution in [-0.4, -0.2) is 0 Å². The second kappa shape index (κ2) is 6.46. The van der Waals surface area contributed by atoms with Crippen LogP contribution in [0.3, 0.4) is 0 Å². The maximum Gasteiger partial charge on any atom is 0.0461 e. The highest BCUT2D eigenvalue weighted by Gasteiger charge is 2.11. The summed E-state index contributed by atoms with van der Waals surface area (Å²) in [6.07, 6.45) is 0. The number of benzene rings is 3. The molecule has 3 aromatic carbocycles. The average Bonchev–Trinajstić information content (AvgIpc) is 2.57. The number of nitrogens with zero attached hydrogens (tertiary/aromatic N) is 1. The van der Waals surface area contributed by atoms with E-state index in [1.165, 1.54) is 0 Å². The number of anilines is 3. The first-order chi connectivity index (χ1) is 10.8. The Bertz CT molecular complexity index is 664. The zero-order valence-electron chi connectivity index (χ0n) is 12.7. The Morgan fingerprint density at radius 2 is 1.05 bits per heavy atom. The minimum atomic E-state index is 0.0518. The predicted molar refractivity (Wildman–Crippen MR) is 93.7 cm³/mol. The summed E-state index contributed by atoms with van der Waals surface area (Å²) in [6.45, 7) is 2.00. The van der Waals surface area contributed by atoms with E-state index >= 15 is 0 Å². The molecule has 2 nitrogen and oxygen atoms in total. The highest BCUT2D eigenvalue weighted by molar-refractivity contribution is 5.76. The minimum Gasteiger partial charge on any atom is -0.324 e. The van der Waals surface area contributed by atoms with E-state index in [2.05, 4.69) is 77.7 Å². The van der Waals surface area contributed by atoms with Gasteiger partial charge in [0.05, 0.1) is 0 Å². The first-order valence-corrected chi connectivity index (χ1v) is 7.51. The second-order valence-electron chi connectivity index (χ2n) is 5.39. The van der Waals surface area contributed by atoms with Gasteiger partial charge in [-0.2, -0.15) is 0 Å². The molecule has 0 spiro atoms. The van der Waals surface area contributed by atoms with Gasteiger partial charge < -0.3 is 10.6 Å². The van der Waals surface area contributed by atoms with Crippen molar-refractivity contribution >= 4 is 17.1 Å². The van der Waals surface area contributed by atoms with Crippen molar-refractivity contribution in [1.82, 2.24) is 0 Å². The Morgan fingerprint density at radius 1 is 0.636 bits per heavy atom. The molecule has 0 bridgehead atoms. The van der Waals surface area contributed by atoms with Crippen LogP contribution < -0.4 is 10.6 Å². The van der Waals surface area contributed by atoms with Gasteiger partial charge in [0.2, 0.25) is 0 Å². The van der Waals surface area contributed by atoms with E-state index in [9.17, 15) is 0 Å². The van der Waals surface area contributed by atoms with Gasteiger partial charge in [-0.05, 0) is 48.9 Å². The topological polar surface area (TPSA) is 29.3 Å². The molecule has 0 radical (unpaired) electrons. The first kappa shape index (κ1) is 14.4. The summed E-state index contributed by atoms with van der Waals surface area (Å²) in [4.78, 5) is 2.24. The number of hydrogen-bond acceptors (Lipinski definition) is 2. The van der Waals surface area contributed by atoms with Crippen LogP contribution >= 0.6 is 0 Å². The molecule has 0 amide bonds. The van der Waals surface area contributed by atoms with Gasteiger partial charge in [0, 0.05) is 23.1 Å². The van der Waals surface area contributed by atoms with Crippen LogP contribution in [0.2, 0.25) is 0 Å². The van der Waals surface area contributed by atoms with Crippen LogP contribution in [0.5, 0.6) is 0 Å². The average molecular weight is 288 g/mol. The van der Waals surface area contributed by atoms with Crippen LogP contribution in [0, 0.1) is 0 Å². The van der Waals surface area contributed by atoms with Gasteiger partial charge >= 0.3 is 0 Å². The number of para-hydroxylation sites is 2.